The maximum Gasteiger partial charge on any atom is 0.120 e. The number of hydrogen-bond acceptors (Lipinski definition) is 2. The molecule has 24 heavy (non-hydrogen) atoms. The molecule has 3 rings (SSSR count). The first-order chi connectivity index (χ1) is 11.6. The summed E-state index contributed by atoms with van der Waals surface area (Å²) in [5.41, 5.74) is 2.16. The topological polar surface area (TPSA) is 12.5 Å². The lowest BCUT2D eigenvalue weighted by Crippen LogP contribution is -2.37. The maximum absolute atomic E-state index is 5.91. The third-order valence-corrected chi connectivity index (χ3v) is 5.22. The zero-order valence-corrected chi connectivity index (χ0v) is 15.4. The van der Waals surface area contributed by atoms with Crippen LogP contribution < -0.4 is 4.74 Å². The van der Waals surface area contributed by atoms with Crippen molar-refractivity contribution in [3.8, 4) is 5.75 Å². The number of piperidine rings is 1. The number of thiocarbonyl (C=S) groups is 1. The van der Waals surface area contributed by atoms with E-state index in [9.17, 15) is 0 Å². The van der Waals surface area contributed by atoms with Gasteiger partial charge in [0.2, 0.25) is 0 Å². The van der Waals surface area contributed by atoms with Crippen molar-refractivity contribution in [2.45, 2.75) is 26.4 Å². The molecule has 1 aliphatic rings. The van der Waals surface area contributed by atoms with Gasteiger partial charge in [0.1, 0.15) is 17.3 Å². The Morgan fingerprint density at radius 2 is 1.88 bits per heavy atom. The Labute approximate surface area is 154 Å². The Balaban J connectivity index is 1.63. The van der Waals surface area contributed by atoms with E-state index in [1.165, 1.54) is 12.8 Å². The minimum Gasteiger partial charge on any atom is -0.489 e. The van der Waals surface area contributed by atoms with E-state index >= 15 is 0 Å². The molecule has 1 saturated heterocycles. The van der Waals surface area contributed by atoms with Crippen molar-refractivity contribution in [2.75, 3.05) is 13.1 Å². The van der Waals surface area contributed by atoms with Crippen molar-refractivity contribution < 1.29 is 4.74 Å². The van der Waals surface area contributed by atoms with Crippen LogP contribution in [0, 0.1) is 5.92 Å². The molecule has 1 fully saturated rings. The van der Waals surface area contributed by atoms with Crippen LogP contribution in [-0.4, -0.2) is 23.0 Å². The Bertz CT molecular complexity index is 693. The molecule has 0 saturated carbocycles. The van der Waals surface area contributed by atoms with Crippen LogP contribution in [0.1, 0.15) is 30.9 Å². The number of nitrogens with zero attached hydrogens (tertiary/aromatic N) is 1. The van der Waals surface area contributed by atoms with Gasteiger partial charge in [-0.2, -0.15) is 0 Å². The summed E-state index contributed by atoms with van der Waals surface area (Å²) in [6, 6.07) is 15.8. The van der Waals surface area contributed by atoms with Gasteiger partial charge in [0.05, 0.1) is 0 Å². The highest BCUT2D eigenvalue weighted by Gasteiger charge is 2.19. The molecule has 0 amide bonds. The SMILES string of the molecule is CC1CCN(C(=S)c2cccc(OCc3ccc(Cl)cc3)c2)CC1. The first kappa shape index (κ1) is 17.2. The van der Waals surface area contributed by atoms with Gasteiger partial charge < -0.3 is 9.64 Å². The summed E-state index contributed by atoms with van der Waals surface area (Å²) < 4.78 is 5.91. The summed E-state index contributed by atoms with van der Waals surface area (Å²) >= 11 is 11.6. The largest absolute Gasteiger partial charge is 0.489 e. The van der Waals surface area contributed by atoms with Gasteiger partial charge in [0, 0.05) is 23.7 Å². The fourth-order valence-corrected chi connectivity index (χ4v) is 3.30. The van der Waals surface area contributed by atoms with Crippen molar-refractivity contribution in [2.24, 2.45) is 5.92 Å². The molecule has 0 spiro atoms. The molecule has 1 aliphatic heterocycles. The Morgan fingerprint density at radius 3 is 2.58 bits per heavy atom. The van der Waals surface area contributed by atoms with Gasteiger partial charge in [-0.25, -0.2) is 0 Å². The van der Waals surface area contributed by atoms with Crippen molar-refractivity contribution in [3.63, 3.8) is 0 Å². The third kappa shape index (κ3) is 4.49. The zero-order valence-electron chi connectivity index (χ0n) is 13.9. The highest BCUT2D eigenvalue weighted by molar-refractivity contribution is 7.80. The summed E-state index contributed by atoms with van der Waals surface area (Å²) in [7, 11) is 0. The van der Waals surface area contributed by atoms with Crippen LogP contribution in [0.25, 0.3) is 0 Å². The van der Waals surface area contributed by atoms with Gasteiger partial charge in [-0.1, -0.05) is 55.0 Å². The van der Waals surface area contributed by atoms with Crippen LogP contribution >= 0.6 is 23.8 Å². The van der Waals surface area contributed by atoms with E-state index in [-0.39, 0.29) is 0 Å². The number of hydrogen-bond donors (Lipinski definition) is 0. The van der Waals surface area contributed by atoms with E-state index in [0.717, 1.165) is 45.9 Å². The van der Waals surface area contributed by atoms with E-state index in [1.807, 2.05) is 42.5 Å². The second-order valence-corrected chi connectivity index (χ2v) is 7.24. The summed E-state index contributed by atoms with van der Waals surface area (Å²) in [6.45, 7) is 4.94. The third-order valence-electron chi connectivity index (χ3n) is 4.47. The predicted molar refractivity (Wildman–Crippen MR) is 104 cm³/mol. The summed E-state index contributed by atoms with van der Waals surface area (Å²) in [5.74, 6) is 1.65. The molecule has 1 heterocycles. The molecule has 4 heteroatoms. The van der Waals surface area contributed by atoms with Crippen LogP contribution in [0.2, 0.25) is 5.02 Å². The molecule has 0 N–H and O–H groups in total. The standard InChI is InChI=1S/C20H22ClNOS/c1-15-9-11-22(12-10-15)20(24)17-3-2-4-19(13-17)23-14-16-5-7-18(21)8-6-16/h2-8,13,15H,9-12,14H2,1H3. The molecule has 0 aromatic heterocycles. The number of ether oxygens (including phenoxy) is 1. The molecule has 126 valence electrons. The van der Waals surface area contributed by atoms with Gasteiger partial charge in [0.15, 0.2) is 0 Å². The molecule has 2 aromatic rings. The Kier molecular flexibility index (Phi) is 5.75. The van der Waals surface area contributed by atoms with Gasteiger partial charge in [-0.3, -0.25) is 0 Å². The predicted octanol–water partition coefficient (Wildman–Crippen LogP) is 5.33. The quantitative estimate of drug-likeness (QED) is 0.685. The maximum atomic E-state index is 5.91. The zero-order chi connectivity index (χ0) is 16.9. The van der Waals surface area contributed by atoms with Gasteiger partial charge in [0.25, 0.3) is 0 Å². The molecule has 2 nitrogen and oxygen atoms in total. The lowest BCUT2D eigenvalue weighted by atomic mass is 9.99. The van der Waals surface area contributed by atoms with Crippen LogP contribution in [-0.2, 0) is 6.61 Å². The van der Waals surface area contributed by atoms with Crippen LogP contribution in [0.4, 0.5) is 0 Å². The molecule has 2 aromatic carbocycles. The van der Waals surface area contributed by atoms with Crippen LogP contribution in [0.3, 0.4) is 0 Å². The lowest BCUT2D eigenvalue weighted by Gasteiger charge is -2.32. The van der Waals surface area contributed by atoms with E-state index in [0.29, 0.717) is 6.61 Å². The lowest BCUT2D eigenvalue weighted by molar-refractivity contribution is 0.284. The fraction of sp³-hybridized carbons (Fsp3) is 0.350. The van der Waals surface area contributed by atoms with Gasteiger partial charge in [-0.15, -0.1) is 0 Å². The Morgan fingerprint density at radius 1 is 1.17 bits per heavy atom. The van der Waals surface area contributed by atoms with E-state index in [4.69, 9.17) is 28.6 Å². The van der Waals surface area contributed by atoms with Gasteiger partial charge in [-0.05, 0) is 48.6 Å². The molecule has 0 aliphatic carbocycles. The van der Waals surface area contributed by atoms with Gasteiger partial charge >= 0.3 is 0 Å². The minimum atomic E-state index is 0.522. The van der Waals surface area contributed by atoms with E-state index < -0.39 is 0 Å². The van der Waals surface area contributed by atoms with Crippen LogP contribution in [0.15, 0.2) is 48.5 Å². The molecule has 0 radical (unpaired) electrons. The monoisotopic (exact) mass is 359 g/mol. The second kappa shape index (κ2) is 8.00. The average molecular weight is 360 g/mol. The fourth-order valence-electron chi connectivity index (χ4n) is 2.86. The Hall–Kier alpha value is -1.58. The minimum absolute atomic E-state index is 0.522. The van der Waals surface area contributed by atoms with E-state index in [1.54, 1.807) is 0 Å². The molecular weight excluding hydrogens is 338 g/mol. The van der Waals surface area contributed by atoms with Crippen LogP contribution in [0.5, 0.6) is 5.75 Å². The number of rotatable bonds is 4. The average Bonchev–Trinajstić information content (AvgIpc) is 2.61. The highest BCUT2D eigenvalue weighted by Crippen LogP contribution is 2.21. The van der Waals surface area contributed by atoms with Crippen molar-refractivity contribution >= 4 is 28.8 Å². The summed E-state index contributed by atoms with van der Waals surface area (Å²) in [4.78, 5) is 3.24. The number of benzene rings is 2. The second-order valence-electron chi connectivity index (χ2n) is 6.42. The summed E-state index contributed by atoms with van der Waals surface area (Å²) in [5, 5.41) is 0.738. The molecule has 0 bridgehead atoms. The van der Waals surface area contributed by atoms with Crippen molar-refractivity contribution in [3.05, 3.63) is 64.7 Å². The molecular formula is C20H22ClNOS. The molecule has 0 unspecified atom stereocenters. The number of likely N-dealkylation sites (tertiary alicyclic amines) is 1. The number of halogens is 1. The normalized spacial score (nSPS) is 15.3. The smallest absolute Gasteiger partial charge is 0.120 e. The van der Waals surface area contributed by atoms with Crippen molar-refractivity contribution in [1.29, 1.82) is 0 Å². The first-order valence-corrected chi connectivity index (χ1v) is 9.17. The molecule has 0 atom stereocenters. The summed E-state index contributed by atoms with van der Waals surface area (Å²) in [6.07, 6.45) is 2.43. The first-order valence-electron chi connectivity index (χ1n) is 8.38. The highest BCUT2D eigenvalue weighted by atomic mass is 35.5. The van der Waals surface area contributed by atoms with Crippen molar-refractivity contribution in [1.82, 2.24) is 4.90 Å². The van der Waals surface area contributed by atoms with E-state index in [2.05, 4.69) is 17.9 Å².